The van der Waals surface area contributed by atoms with Crippen molar-refractivity contribution in [3.05, 3.63) is 23.8 Å². The Balaban J connectivity index is 2.27. The van der Waals surface area contributed by atoms with Gasteiger partial charge in [-0.25, -0.2) is 0 Å². The number of aliphatic hydroxyl groups excluding tert-OH is 1. The van der Waals surface area contributed by atoms with E-state index in [0.717, 1.165) is 36.7 Å². The van der Waals surface area contributed by atoms with Crippen LogP contribution in [0, 0.1) is 0 Å². The standard InChI is InChI=1S/C18H30N2O3/c1-5-22-18-10-15(6-7-17(18)23-13(2)3)16(12-21)20-9-8-19-11-14(20)4/h6-7,10,13-14,16,19,21H,5,8-9,11-12H2,1-4H3. The highest BCUT2D eigenvalue weighted by Crippen LogP contribution is 2.33. The maximum Gasteiger partial charge on any atom is 0.161 e. The summed E-state index contributed by atoms with van der Waals surface area (Å²) >= 11 is 0. The number of benzene rings is 1. The molecule has 2 unspecified atom stereocenters. The van der Waals surface area contributed by atoms with E-state index in [0.29, 0.717) is 12.6 Å². The van der Waals surface area contributed by atoms with E-state index in [1.165, 1.54) is 0 Å². The van der Waals surface area contributed by atoms with Crippen molar-refractivity contribution in [2.24, 2.45) is 0 Å². The molecular weight excluding hydrogens is 292 g/mol. The Morgan fingerprint density at radius 2 is 2.13 bits per heavy atom. The van der Waals surface area contributed by atoms with Crippen LogP contribution in [0.5, 0.6) is 11.5 Å². The molecule has 0 saturated carbocycles. The molecule has 1 saturated heterocycles. The lowest BCUT2D eigenvalue weighted by Crippen LogP contribution is -2.51. The Hall–Kier alpha value is -1.30. The monoisotopic (exact) mass is 322 g/mol. The molecule has 0 aliphatic carbocycles. The van der Waals surface area contributed by atoms with Gasteiger partial charge >= 0.3 is 0 Å². The van der Waals surface area contributed by atoms with Crippen molar-refractivity contribution in [1.82, 2.24) is 10.2 Å². The highest BCUT2D eigenvalue weighted by atomic mass is 16.5. The van der Waals surface area contributed by atoms with Gasteiger partial charge in [-0.2, -0.15) is 0 Å². The van der Waals surface area contributed by atoms with Crippen LogP contribution < -0.4 is 14.8 Å². The van der Waals surface area contributed by atoms with Crippen LogP contribution in [0.4, 0.5) is 0 Å². The van der Waals surface area contributed by atoms with E-state index in [2.05, 4.69) is 17.1 Å². The number of rotatable bonds is 7. The van der Waals surface area contributed by atoms with Gasteiger partial charge in [0.05, 0.1) is 25.4 Å². The molecular formula is C18H30N2O3. The summed E-state index contributed by atoms with van der Waals surface area (Å²) in [6.07, 6.45) is 0.0990. The van der Waals surface area contributed by atoms with Crippen LogP contribution in [0.2, 0.25) is 0 Å². The van der Waals surface area contributed by atoms with Crippen LogP contribution in [-0.4, -0.2) is 55.0 Å². The molecule has 1 fully saturated rings. The zero-order valence-electron chi connectivity index (χ0n) is 14.7. The molecule has 2 N–H and O–H groups in total. The second-order valence-electron chi connectivity index (χ2n) is 6.30. The molecule has 5 heteroatoms. The summed E-state index contributed by atoms with van der Waals surface area (Å²) in [6, 6.07) is 6.38. The van der Waals surface area contributed by atoms with Crippen molar-refractivity contribution in [3.8, 4) is 11.5 Å². The number of hydrogen-bond donors (Lipinski definition) is 2. The smallest absolute Gasteiger partial charge is 0.161 e. The zero-order valence-corrected chi connectivity index (χ0v) is 14.7. The van der Waals surface area contributed by atoms with Gasteiger partial charge in [0.25, 0.3) is 0 Å². The van der Waals surface area contributed by atoms with Gasteiger partial charge < -0.3 is 19.9 Å². The lowest BCUT2D eigenvalue weighted by Gasteiger charge is -2.39. The Morgan fingerprint density at radius 3 is 2.74 bits per heavy atom. The average Bonchev–Trinajstić information content (AvgIpc) is 2.52. The minimum atomic E-state index is -0.0144. The molecule has 0 bridgehead atoms. The van der Waals surface area contributed by atoms with Crippen molar-refractivity contribution >= 4 is 0 Å². The molecule has 130 valence electrons. The number of aliphatic hydroxyl groups is 1. The first-order chi connectivity index (χ1) is 11.1. The van der Waals surface area contributed by atoms with Crippen molar-refractivity contribution in [3.63, 3.8) is 0 Å². The molecule has 0 radical (unpaired) electrons. The second-order valence-corrected chi connectivity index (χ2v) is 6.30. The quantitative estimate of drug-likeness (QED) is 0.806. The summed E-state index contributed by atoms with van der Waals surface area (Å²) in [6.45, 7) is 11.7. The topological polar surface area (TPSA) is 54.0 Å². The van der Waals surface area contributed by atoms with Gasteiger partial charge in [-0.05, 0) is 45.4 Å². The summed E-state index contributed by atoms with van der Waals surface area (Å²) in [5, 5.41) is 13.3. The van der Waals surface area contributed by atoms with Gasteiger partial charge in [0, 0.05) is 25.7 Å². The minimum Gasteiger partial charge on any atom is -0.490 e. The molecule has 2 rings (SSSR count). The summed E-state index contributed by atoms with van der Waals surface area (Å²) in [4.78, 5) is 2.35. The van der Waals surface area contributed by atoms with Gasteiger partial charge in [0.15, 0.2) is 11.5 Å². The zero-order chi connectivity index (χ0) is 16.8. The minimum absolute atomic E-state index is 0.0144. The maximum absolute atomic E-state index is 9.95. The van der Waals surface area contributed by atoms with E-state index in [1.54, 1.807) is 0 Å². The third-order valence-corrected chi connectivity index (χ3v) is 4.14. The predicted octanol–water partition coefficient (Wildman–Crippen LogP) is 2.20. The molecule has 1 aliphatic rings. The first-order valence-electron chi connectivity index (χ1n) is 8.57. The van der Waals surface area contributed by atoms with E-state index in [9.17, 15) is 5.11 Å². The van der Waals surface area contributed by atoms with Crippen molar-refractivity contribution in [2.75, 3.05) is 32.8 Å². The summed E-state index contributed by atoms with van der Waals surface area (Å²) in [5.41, 5.74) is 1.07. The van der Waals surface area contributed by atoms with Crippen molar-refractivity contribution < 1.29 is 14.6 Å². The van der Waals surface area contributed by atoms with Crippen molar-refractivity contribution in [1.29, 1.82) is 0 Å². The van der Waals surface area contributed by atoms with Gasteiger partial charge in [-0.1, -0.05) is 6.07 Å². The Kier molecular flexibility index (Phi) is 6.69. The molecule has 1 heterocycles. The predicted molar refractivity (Wildman–Crippen MR) is 92.2 cm³/mol. The molecule has 1 aromatic rings. The molecule has 0 amide bonds. The fraction of sp³-hybridized carbons (Fsp3) is 0.667. The van der Waals surface area contributed by atoms with Crippen LogP contribution in [-0.2, 0) is 0 Å². The highest BCUT2D eigenvalue weighted by Gasteiger charge is 2.27. The number of piperazine rings is 1. The molecule has 23 heavy (non-hydrogen) atoms. The number of nitrogens with zero attached hydrogens (tertiary/aromatic N) is 1. The fourth-order valence-electron chi connectivity index (χ4n) is 3.07. The summed E-state index contributed by atoms with van der Waals surface area (Å²) in [7, 11) is 0. The molecule has 1 aromatic carbocycles. The summed E-state index contributed by atoms with van der Waals surface area (Å²) < 4.78 is 11.6. The van der Waals surface area contributed by atoms with Crippen LogP contribution in [0.1, 0.15) is 39.3 Å². The Morgan fingerprint density at radius 1 is 1.35 bits per heavy atom. The molecule has 0 aromatic heterocycles. The maximum atomic E-state index is 9.95. The van der Waals surface area contributed by atoms with Gasteiger partial charge in [0.2, 0.25) is 0 Å². The van der Waals surface area contributed by atoms with Crippen LogP contribution >= 0.6 is 0 Å². The molecule has 5 nitrogen and oxygen atoms in total. The third-order valence-electron chi connectivity index (χ3n) is 4.14. The van der Waals surface area contributed by atoms with Crippen molar-refractivity contribution in [2.45, 2.75) is 45.9 Å². The first-order valence-corrected chi connectivity index (χ1v) is 8.57. The Bertz CT molecular complexity index is 493. The Labute approximate surface area is 139 Å². The lowest BCUT2D eigenvalue weighted by atomic mass is 10.0. The summed E-state index contributed by atoms with van der Waals surface area (Å²) in [5.74, 6) is 1.51. The fourth-order valence-corrected chi connectivity index (χ4v) is 3.07. The first kappa shape index (κ1) is 18.0. The van der Waals surface area contributed by atoms with Crippen LogP contribution in [0.15, 0.2) is 18.2 Å². The van der Waals surface area contributed by atoms with Crippen LogP contribution in [0.25, 0.3) is 0 Å². The van der Waals surface area contributed by atoms with E-state index in [1.807, 2.05) is 39.0 Å². The van der Waals surface area contributed by atoms with Gasteiger partial charge in [-0.3, -0.25) is 4.90 Å². The van der Waals surface area contributed by atoms with Gasteiger partial charge in [-0.15, -0.1) is 0 Å². The molecule has 1 aliphatic heterocycles. The molecule has 0 spiro atoms. The second kappa shape index (κ2) is 8.52. The number of ether oxygens (including phenoxy) is 2. The van der Waals surface area contributed by atoms with E-state index < -0.39 is 0 Å². The number of hydrogen-bond acceptors (Lipinski definition) is 5. The SMILES string of the molecule is CCOc1cc(C(CO)N2CCNCC2C)ccc1OC(C)C. The highest BCUT2D eigenvalue weighted by molar-refractivity contribution is 5.44. The van der Waals surface area contributed by atoms with E-state index in [4.69, 9.17) is 9.47 Å². The number of nitrogens with one attached hydrogen (secondary N) is 1. The van der Waals surface area contributed by atoms with E-state index >= 15 is 0 Å². The third kappa shape index (κ3) is 4.59. The lowest BCUT2D eigenvalue weighted by molar-refractivity contribution is 0.0721. The van der Waals surface area contributed by atoms with Crippen LogP contribution in [0.3, 0.4) is 0 Å². The largest absolute Gasteiger partial charge is 0.490 e. The normalized spacial score (nSPS) is 20.5. The molecule has 2 atom stereocenters. The van der Waals surface area contributed by atoms with E-state index in [-0.39, 0.29) is 18.8 Å². The van der Waals surface area contributed by atoms with Gasteiger partial charge in [0.1, 0.15) is 0 Å². The average molecular weight is 322 g/mol.